The maximum Gasteiger partial charge on any atom is 0.226 e. The molecule has 0 unspecified atom stereocenters. The Kier molecular flexibility index (Phi) is 5.84. The van der Waals surface area contributed by atoms with Crippen LogP contribution in [-0.2, 0) is 22.4 Å². The molecule has 1 aliphatic rings. The number of primary amides is 1. The fourth-order valence-corrected chi connectivity index (χ4v) is 3.28. The number of nitrogens with two attached hydrogens (primary N) is 1. The van der Waals surface area contributed by atoms with Crippen molar-refractivity contribution < 1.29 is 9.59 Å². The van der Waals surface area contributed by atoms with Gasteiger partial charge in [0.05, 0.1) is 12.8 Å². The summed E-state index contributed by atoms with van der Waals surface area (Å²) >= 11 is 0. The van der Waals surface area contributed by atoms with Crippen LogP contribution in [0, 0.1) is 0 Å². The minimum absolute atomic E-state index is 0.156. The van der Waals surface area contributed by atoms with E-state index in [1.807, 2.05) is 41.3 Å². The number of amides is 2. The first-order valence-electron chi connectivity index (χ1n) is 8.91. The van der Waals surface area contributed by atoms with Crippen molar-refractivity contribution >= 4 is 17.5 Å². The van der Waals surface area contributed by atoms with Gasteiger partial charge in [0.25, 0.3) is 0 Å². The Bertz CT molecular complexity index is 755. The second-order valence-corrected chi connectivity index (χ2v) is 6.63. The molecule has 2 heterocycles. The minimum atomic E-state index is -0.337. The van der Waals surface area contributed by atoms with Crippen LogP contribution in [0.1, 0.15) is 24.0 Å². The Balaban J connectivity index is 1.53. The van der Waals surface area contributed by atoms with Crippen LogP contribution in [0.5, 0.6) is 0 Å². The number of hydrogen-bond donors (Lipinski definition) is 2. The van der Waals surface area contributed by atoms with Crippen molar-refractivity contribution in [3.8, 4) is 0 Å². The molecule has 1 fully saturated rings. The zero-order valence-corrected chi connectivity index (χ0v) is 14.7. The number of anilines is 1. The number of rotatable bonds is 6. The number of aromatic nitrogens is 1. The largest absolute Gasteiger partial charge is 0.382 e. The Hall–Kier alpha value is -2.89. The van der Waals surface area contributed by atoms with Gasteiger partial charge in [-0.1, -0.05) is 18.2 Å². The summed E-state index contributed by atoms with van der Waals surface area (Å²) in [5.74, 6) is -0.181. The third-order valence-corrected chi connectivity index (χ3v) is 4.69. The molecule has 1 aliphatic heterocycles. The molecule has 6 nitrogen and oxygen atoms in total. The number of likely N-dealkylation sites (tertiary alicyclic amines) is 1. The number of carbonyl (C=O) groups excluding carboxylic acids is 2. The van der Waals surface area contributed by atoms with Crippen LogP contribution in [0.2, 0.25) is 0 Å². The van der Waals surface area contributed by atoms with Gasteiger partial charge in [-0.25, -0.2) is 0 Å². The Morgan fingerprint density at radius 3 is 2.46 bits per heavy atom. The molecule has 0 saturated carbocycles. The lowest BCUT2D eigenvalue weighted by Gasteiger charge is -2.33. The average molecular weight is 352 g/mol. The highest BCUT2D eigenvalue weighted by Gasteiger charge is 2.23. The van der Waals surface area contributed by atoms with Crippen molar-refractivity contribution in [2.24, 2.45) is 5.73 Å². The number of para-hydroxylation sites is 1. The van der Waals surface area contributed by atoms with E-state index < -0.39 is 0 Å². The van der Waals surface area contributed by atoms with E-state index in [2.05, 4.69) is 10.3 Å². The molecule has 1 aromatic heterocycles. The van der Waals surface area contributed by atoms with Crippen LogP contribution >= 0.6 is 0 Å². The summed E-state index contributed by atoms with van der Waals surface area (Å²) in [6, 6.07) is 11.8. The summed E-state index contributed by atoms with van der Waals surface area (Å²) in [5.41, 5.74) is 8.18. The lowest BCUT2D eigenvalue weighted by molar-refractivity contribution is -0.131. The van der Waals surface area contributed by atoms with Crippen molar-refractivity contribution in [1.29, 1.82) is 0 Å². The molecule has 136 valence electrons. The fraction of sp³-hybridized carbons (Fsp3) is 0.350. The monoisotopic (exact) mass is 352 g/mol. The highest BCUT2D eigenvalue weighted by atomic mass is 16.2. The van der Waals surface area contributed by atoms with Gasteiger partial charge < -0.3 is 16.0 Å². The molecule has 2 aromatic rings. The Morgan fingerprint density at radius 1 is 1.08 bits per heavy atom. The number of piperidine rings is 1. The van der Waals surface area contributed by atoms with Crippen molar-refractivity contribution in [2.75, 3.05) is 18.4 Å². The summed E-state index contributed by atoms with van der Waals surface area (Å²) in [6.45, 7) is 1.47. The van der Waals surface area contributed by atoms with Crippen LogP contribution in [0.25, 0.3) is 0 Å². The number of hydrogen-bond acceptors (Lipinski definition) is 4. The fourth-order valence-electron chi connectivity index (χ4n) is 3.28. The van der Waals surface area contributed by atoms with E-state index in [-0.39, 0.29) is 24.3 Å². The highest BCUT2D eigenvalue weighted by Crippen LogP contribution is 2.21. The molecular weight excluding hydrogens is 328 g/mol. The molecule has 1 aromatic carbocycles. The Morgan fingerprint density at radius 2 is 1.77 bits per heavy atom. The number of carbonyl (C=O) groups is 2. The molecule has 6 heteroatoms. The van der Waals surface area contributed by atoms with Crippen molar-refractivity contribution in [3.05, 3.63) is 59.9 Å². The standard InChI is InChI=1S/C20H24N4O2/c21-19(25)14-16-3-1-2-4-18(16)23-17-7-11-24(12-8-17)20(26)13-15-5-9-22-10-6-15/h1-6,9-10,17,23H,7-8,11-14H2,(H2,21,25). The second kappa shape index (κ2) is 8.47. The first kappa shape index (κ1) is 17.9. The van der Waals surface area contributed by atoms with Gasteiger partial charge in [-0.15, -0.1) is 0 Å². The van der Waals surface area contributed by atoms with Gasteiger partial charge in [0, 0.05) is 37.2 Å². The van der Waals surface area contributed by atoms with Crippen molar-refractivity contribution in [1.82, 2.24) is 9.88 Å². The van der Waals surface area contributed by atoms with E-state index in [0.717, 1.165) is 42.7 Å². The first-order chi connectivity index (χ1) is 12.6. The van der Waals surface area contributed by atoms with Gasteiger partial charge in [-0.3, -0.25) is 14.6 Å². The van der Waals surface area contributed by atoms with Gasteiger partial charge >= 0.3 is 0 Å². The summed E-state index contributed by atoms with van der Waals surface area (Å²) in [5, 5.41) is 3.51. The lowest BCUT2D eigenvalue weighted by atomic mass is 10.0. The predicted octanol–water partition coefficient (Wildman–Crippen LogP) is 1.75. The van der Waals surface area contributed by atoms with Gasteiger partial charge in [0.1, 0.15) is 0 Å². The number of pyridine rings is 1. The van der Waals surface area contributed by atoms with E-state index in [1.165, 1.54) is 0 Å². The lowest BCUT2D eigenvalue weighted by Crippen LogP contribution is -2.43. The molecule has 3 rings (SSSR count). The molecule has 2 amide bonds. The highest BCUT2D eigenvalue weighted by molar-refractivity contribution is 5.79. The van der Waals surface area contributed by atoms with Crippen LogP contribution in [0.3, 0.4) is 0 Å². The maximum atomic E-state index is 12.4. The zero-order valence-electron chi connectivity index (χ0n) is 14.7. The quantitative estimate of drug-likeness (QED) is 0.829. The number of benzene rings is 1. The van der Waals surface area contributed by atoms with E-state index >= 15 is 0 Å². The zero-order chi connectivity index (χ0) is 18.4. The van der Waals surface area contributed by atoms with Crippen LogP contribution in [0.15, 0.2) is 48.8 Å². The summed E-state index contributed by atoms with van der Waals surface area (Å²) in [7, 11) is 0. The molecule has 0 aliphatic carbocycles. The topological polar surface area (TPSA) is 88.3 Å². The summed E-state index contributed by atoms with van der Waals surface area (Å²) in [6.07, 6.45) is 5.83. The third kappa shape index (κ3) is 4.81. The molecular formula is C20H24N4O2. The van der Waals surface area contributed by atoms with Crippen molar-refractivity contribution in [2.45, 2.75) is 31.7 Å². The molecule has 1 saturated heterocycles. The van der Waals surface area contributed by atoms with Crippen molar-refractivity contribution in [3.63, 3.8) is 0 Å². The van der Waals surface area contributed by atoms with E-state index in [0.29, 0.717) is 6.42 Å². The van der Waals surface area contributed by atoms with Crippen LogP contribution < -0.4 is 11.1 Å². The molecule has 0 atom stereocenters. The SMILES string of the molecule is NC(=O)Cc1ccccc1NC1CCN(C(=O)Cc2ccncc2)CC1. The molecule has 0 spiro atoms. The first-order valence-corrected chi connectivity index (χ1v) is 8.91. The van der Waals surface area contributed by atoms with Gasteiger partial charge in [0.2, 0.25) is 11.8 Å². The number of nitrogens with zero attached hydrogens (tertiary/aromatic N) is 2. The van der Waals surface area contributed by atoms with Gasteiger partial charge in [-0.05, 0) is 42.2 Å². The van der Waals surface area contributed by atoms with Gasteiger partial charge in [-0.2, -0.15) is 0 Å². The van der Waals surface area contributed by atoms with Crippen LogP contribution in [0.4, 0.5) is 5.69 Å². The minimum Gasteiger partial charge on any atom is -0.382 e. The third-order valence-electron chi connectivity index (χ3n) is 4.69. The molecule has 0 radical (unpaired) electrons. The summed E-state index contributed by atoms with van der Waals surface area (Å²) < 4.78 is 0. The summed E-state index contributed by atoms with van der Waals surface area (Å²) in [4.78, 5) is 29.6. The number of nitrogens with one attached hydrogen (secondary N) is 1. The van der Waals surface area contributed by atoms with Gasteiger partial charge in [0.15, 0.2) is 0 Å². The van der Waals surface area contributed by atoms with E-state index in [9.17, 15) is 9.59 Å². The normalized spacial score (nSPS) is 14.8. The molecule has 3 N–H and O–H groups in total. The predicted molar refractivity (Wildman–Crippen MR) is 101 cm³/mol. The molecule has 0 bridgehead atoms. The van der Waals surface area contributed by atoms with E-state index in [1.54, 1.807) is 12.4 Å². The van der Waals surface area contributed by atoms with Crippen LogP contribution in [-0.4, -0.2) is 40.8 Å². The second-order valence-electron chi connectivity index (χ2n) is 6.63. The molecule has 26 heavy (non-hydrogen) atoms. The smallest absolute Gasteiger partial charge is 0.226 e. The van der Waals surface area contributed by atoms with E-state index in [4.69, 9.17) is 5.73 Å². The Labute approximate surface area is 153 Å². The average Bonchev–Trinajstić information content (AvgIpc) is 2.64. The maximum absolute atomic E-state index is 12.4.